The highest BCUT2D eigenvalue weighted by Crippen LogP contribution is 2.23. The van der Waals surface area contributed by atoms with E-state index in [0.717, 1.165) is 5.56 Å². The zero-order chi connectivity index (χ0) is 17.6. The van der Waals surface area contributed by atoms with Crippen molar-refractivity contribution < 1.29 is 19.4 Å². The molecule has 1 atom stereocenters. The summed E-state index contributed by atoms with van der Waals surface area (Å²) in [6.45, 7) is 5.85. The second-order valence-electron chi connectivity index (χ2n) is 6.65. The molecule has 0 bridgehead atoms. The molecule has 0 aromatic heterocycles. The molecule has 0 amide bonds. The van der Waals surface area contributed by atoms with Crippen LogP contribution in [0.15, 0.2) is 54.6 Å². The Kier molecular flexibility index (Phi) is 5.99. The number of carbonyl (C=O) groups is 1. The maximum absolute atomic E-state index is 11.8. The first-order valence-electron chi connectivity index (χ1n) is 8.00. The average molecular weight is 328 g/mol. The lowest BCUT2D eigenvalue weighted by Gasteiger charge is -2.20. The molecule has 0 fully saturated rings. The minimum atomic E-state index is -0.917. The second kappa shape index (κ2) is 7.97. The highest BCUT2D eigenvalue weighted by atomic mass is 16.6. The zero-order valence-electron chi connectivity index (χ0n) is 14.4. The lowest BCUT2D eigenvalue weighted by Crippen LogP contribution is -2.24. The Morgan fingerprint density at radius 3 is 2.46 bits per heavy atom. The summed E-state index contributed by atoms with van der Waals surface area (Å²) in [6.07, 6.45) is -1.00. The molecule has 0 radical (unpaired) electrons. The predicted molar refractivity (Wildman–Crippen MR) is 92.6 cm³/mol. The van der Waals surface area contributed by atoms with Crippen molar-refractivity contribution in [3.63, 3.8) is 0 Å². The van der Waals surface area contributed by atoms with Crippen LogP contribution in [-0.2, 0) is 16.1 Å². The van der Waals surface area contributed by atoms with E-state index in [-0.39, 0.29) is 6.42 Å². The lowest BCUT2D eigenvalue weighted by atomic mass is 10.1. The van der Waals surface area contributed by atoms with Crippen LogP contribution < -0.4 is 4.74 Å². The molecule has 2 aromatic rings. The van der Waals surface area contributed by atoms with Gasteiger partial charge >= 0.3 is 5.97 Å². The van der Waals surface area contributed by atoms with E-state index in [0.29, 0.717) is 17.9 Å². The van der Waals surface area contributed by atoms with E-state index in [2.05, 4.69) is 0 Å². The molecule has 0 heterocycles. The molecule has 0 aliphatic carbocycles. The SMILES string of the molecule is CC(C)(C)OC(=O)CC(O)c1cccc(OCc2ccccc2)c1. The normalized spacial score (nSPS) is 12.5. The molecule has 1 N–H and O–H groups in total. The molecule has 1 unspecified atom stereocenters. The molecular formula is C20H24O4. The Bertz CT molecular complexity index is 659. The maximum atomic E-state index is 11.8. The second-order valence-corrected chi connectivity index (χ2v) is 6.65. The minimum absolute atomic E-state index is 0.0839. The first-order valence-corrected chi connectivity index (χ1v) is 8.00. The average Bonchev–Trinajstić information content (AvgIpc) is 2.52. The third kappa shape index (κ3) is 6.05. The van der Waals surface area contributed by atoms with Gasteiger partial charge in [-0.25, -0.2) is 0 Å². The number of aliphatic hydroxyl groups excluding tert-OH is 1. The van der Waals surface area contributed by atoms with E-state index >= 15 is 0 Å². The molecule has 0 saturated carbocycles. The summed E-state index contributed by atoms with van der Waals surface area (Å²) in [5.74, 6) is 0.227. The van der Waals surface area contributed by atoms with Gasteiger partial charge in [0.1, 0.15) is 18.0 Å². The van der Waals surface area contributed by atoms with E-state index in [9.17, 15) is 9.90 Å². The van der Waals surface area contributed by atoms with E-state index in [1.165, 1.54) is 0 Å². The van der Waals surface area contributed by atoms with Crippen molar-refractivity contribution in [2.75, 3.05) is 0 Å². The van der Waals surface area contributed by atoms with Crippen LogP contribution in [0, 0.1) is 0 Å². The van der Waals surface area contributed by atoms with Gasteiger partial charge in [-0.05, 0) is 44.0 Å². The van der Waals surface area contributed by atoms with E-state index < -0.39 is 17.7 Å². The van der Waals surface area contributed by atoms with Crippen molar-refractivity contribution in [2.24, 2.45) is 0 Å². The third-order valence-corrected chi connectivity index (χ3v) is 3.27. The Morgan fingerprint density at radius 2 is 1.79 bits per heavy atom. The van der Waals surface area contributed by atoms with Crippen molar-refractivity contribution in [3.05, 3.63) is 65.7 Å². The van der Waals surface area contributed by atoms with E-state index in [4.69, 9.17) is 9.47 Å². The van der Waals surface area contributed by atoms with E-state index in [1.807, 2.05) is 36.4 Å². The van der Waals surface area contributed by atoms with Crippen LogP contribution in [0.25, 0.3) is 0 Å². The highest BCUT2D eigenvalue weighted by molar-refractivity contribution is 5.70. The number of rotatable bonds is 6. The largest absolute Gasteiger partial charge is 0.489 e. The van der Waals surface area contributed by atoms with E-state index in [1.54, 1.807) is 39.0 Å². The van der Waals surface area contributed by atoms with Gasteiger partial charge in [0.25, 0.3) is 0 Å². The van der Waals surface area contributed by atoms with Gasteiger partial charge in [0.2, 0.25) is 0 Å². The van der Waals surface area contributed by atoms with Gasteiger partial charge in [0.05, 0.1) is 12.5 Å². The number of esters is 1. The highest BCUT2D eigenvalue weighted by Gasteiger charge is 2.20. The minimum Gasteiger partial charge on any atom is -0.489 e. The standard InChI is InChI=1S/C20H24O4/c1-20(2,3)24-19(22)13-18(21)16-10-7-11-17(12-16)23-14-15-8-5-4-6-9-15/h4-12,18,21H,13-14H2,1-3H3. The third-order valence-electron chi connectivity index (χ3n) is 3.27. The van der Waals surface area contributed by atoms with Gasteiger partial charge in [-0.3, -0.25) is 4.79 Å². The lowest BCUT2D eigenvalue weighted by molar-refractivity contribution is -0.157. The quantitative estimate of drug-likeness (QED) is 0.813. The molecule has 0 aliphatic heterocycles. The summed E-state index contributed by atoms with van der Waals surface area (Å²) in [5, 5.41) is 10.2. The van der Waals surface area contributed by atoms with Gasteiger partial charge < -0.3 is 14.6 Å². The molecule has 4 nitrogen and oxygen atoms in total. The van der Waals surface area contributed by atoms with Gasteiger partial charge in [0.15, 0.2) is 0 Å². The van der Waals surface area contributed by atoms with Crippen molar-refractivity contribution in [1.29, 1.82) is 0 Å². The van der Waals surface area contributed by atoms with Crippen molar-refractivity contribution in [3.8, 4) is 5.75 Å². The predicted octanol–water partition coefficient (Wildman–Crippen LogP) is 4.03. The molecule has 2 aromatic carbocycles. The monoisotopic (exact) mass is 328 g/mol. The fraction of sp³-hybridized carbons (Fsp3) is 0.350. The summed E-state index contributed by atoms with van der Waals surface area (Å²) in [5.41, 5.74) is 1.14. The summed E-state index contributed by atoms with van der Waals surface area (Å²) in [6, 6.07) is 17.0. The van der Waals surface area contributed by atoms with Crippen LogP contribution in [0.5, 0.6) is 5.75 Å². The molecular weight excluding hydrogens is 304 g/mol. The molecule has 0 aliphatic rings. The van der Waals surface area contributed by atoms with Gasteiger partial charge in [0, 0.05) is 0 Å². The maximum Gasteiger partial charge on any atom is 0.309 e. The fourth-order valence-electron chi connectivity index (χ4n) is 2.21. The Morgan fingerprint density at radius 1 is 1.08 bits per heavy atom. The number of benzene rings is 2. The Hall–Kier alpha value is -2.33. The van der Waals surface area contributed by atoms with Crippen LogP contribution >= 0.6 is 0 Å². The van der Waals surface area contributed by atoms with Crippen LogP contribution in [0.3, 0.4) is 0 Å². The smallest absolute Gasteiger partial charge is 0.309 e. The molecule has 2 rings (SSSR count). The summed E-state index contributed by atoms with van der Waals surface area (Å²) in [7, 11) is 0. The first-order chi connectivity index (χ1) is 11.3. The molecule has 0 saturated heterocycles. The van der Waals surface area contributed by atoms with Crippen LogP contribution in [-0.4, -0.2) is 16.7 Å². The first kappa shape index (κ1) is 18.0. The summed E-state index contributed by atoms with van der Waals surface area (Å²) in [4.78, 5) is 11.8. The number of carbonyl (C=O) groups excluding carboxylic acids is 1. The van der Waals surface area contributed by atoms with Crippen LogP contribution in [0.1, 0.15) is 44.4 Å². The van der Waals surface area contributed by atoms with Gasteiger partial charge in [-0.1, -0.05) is 42.5 Å². The topological polar surface area (TPSA) is 55.8 Å². The Labute approximate surface area is 143 Å². The Balaban J connectivity index is 1.95. The zero-order valence-corrected chi connectivity index (χ0v) is 14.4. The molecule has 24 heavy (non-hydrogen) atoms. The molecule has 0 spiro atoms. The van der Waals surface area contributed by atoms with Crippen molar-refractivity contribution in [1.82, 2.24) is 0 Å². The van der Waals surface area contributed by atoms with Crippen molar-refractivity contribution >= 4 is 5.97 Å². The van der Waals surface area contributed by atoms with Crippen LogP contribution in [0.4, 0.5) is 0 Å². The van der Waals surface area contributed by atoms with Crippen molar-refractivity contribution in [2.45, 2.75) is 45.5 Å². The number of ether oxygens (including phenoxy) is 2. The van der Waals surface area contributed by atoms with Gasteiger partial charge in [-0.15, -0.1) is 0 Å². The number of hydrogen-bond acceptors (Lipinski definition) is 4. The number of aliphatic hydroxyl groups is 1. The van der Waals surface area contributed by atoms with Gasteiger partial charge in [-0.2, -0.15) is 0 Å². The van der Waals surface area contributed by atoms with Crippen LogP contribution in [0.2, 0.25) is 0 Å². The number of hydrogen-bond donors (Lipinski definition) is 1. The molecule has 4 heteroatoms. The summed E-state index contributed by atoms with van der Waals surface area (Å²) >= 11 is 0. The fourth-order valence-corrected chi connectivity index (χ4v) is 2.21. The summed E-state index contributed by atoms with van der Waals surface area (Å²) < 4.78 is 11.0. The molecule has 128 valence electrons.